The second-order valence-corrected chi connectivity index (χ2v) is 15.1. The molecule has 1 saturated carbocycles. The van der Waals surface area contributed by atoms with Gasteiger partial charge in [-0.2, -0.15) is 0 Å². The summed E-state index contributed by atoms with van der Waals surface area (Å²) in [7, 11) is 0. The van der Waals surface area contributed by atoms with Crippen molar-refractivity contribution >= 4 is 17.5 Å². The number of rotatable bonds is 16. The molecule has 264 valence electrons. The van der Waals surface area contributed by atoms with Crippen LogP contribution in [0.3, 0.4) is 0 Å². The number of thioether (sulfide) groups is 1. The highest BCUT2D eigenvalue weighted by molar-refractivity contribution is 8.04. The van der Waals surface area contributed by atoms with Crippen molar-refractivity contribution in [3.8, 4) is 0 Å². The first-order valence-corrected chi connectivity index (χ1v) is 18.8. The van der Waals surface area contributed by atoms with Crippen molar-refractivity contribution < 1.29 is 28.5 Å². The molecule has 0 aromatic heterocycles. The first kappa shape index (κ1) is 37.5. The van der Waals surface area contributed by atoms with E-state index in [1.165, 1.54) is 18.2 Å². The van der Waals surface area contributed by atoms with Gasteiger partial charge in [-0.25, -0.2) is 0 Å². The zero-order chi connectivity index (χ0) is 34.6. The number of carbonyl (C=O) groups excluding carboxylic acids is 1. The Balaban J connectivity index is 1.51. The molecule has 3 aromatic carbocycles. The van der Waals surface area contributed by atoms with Gasteiger partial charge in [-0.3, -0.25) is 4.79 Å². The fourth-order valence-corrected chi connectivity index (χ4v) is 8.19. The number of Topliss-reactive ketones (excluding diaryl/α,β-unsaturated/α-hetero) is 1. The zero-order valence-electron chi connectivity index (χ0n) is 29.7. The van der Waals surface area contributed by atoms with Crippen molar-refractivity contribution in [3.05, 3.63) is 119 Å². The highest BCUT2D eigenvalue weighted by Crippen LogP contribution is 2.42. The van der Waals surface area contributed by atoms with Gasteiger partial charge in [0.25, 0.3) is 0 Å². The molecule has 8 atom stereocenters. The van der Waals surface area contributed by atoms with Gasteiger partial charge in [0, 0.05) is 4.91 Å². The molecule has 5 rings (SSSR count). The predicted octanol–water partition coefficient (Wildman–Crippen LogP) is 9.17. The smallest absolute Gasteiger partial charge is 0.173 e. The Hall–Kier alpha value is -2.78. The Kier molecular flexibility index (Phi) is 14.5. The summed E-state index contributed by atoms with van der Waals surface area (Å²) in [5.74, 6) is 1.47. The van der Waals surface area contributed by atoms with E-state index in [1.807, 2.05) is 67.6 Å². The van der Waals surface area contributed by atoms with Crippen LogP contribution in [0.4, 0.5) is 0 Å². The van der Waals surface area contributed by atoms with E-state index in [-0.39, 0.29) is 17.1 Å². The average Bonchev–Trinajstić information content (AvgIpc) is 3.11. The van der Waals surface area contributed by atoms with Crippen LogP contribution >= 0.6 is 11.8 Å². The van der Waals surface area contributed by atoms with Crippen molar-refractivity contribution in [3.63, 3.8) is 0 Å². The third-order valence-corrected chi connectivity index (χ3v) is 11.2. The van der Waals surface area contributed by atoms with Gasteiger partial charge < -0.3 is 23.7 Å². The highest BCUT2D eigenvalue weighted by atomic mass is 32.2. The molecule has 1 saturated heterocycles. The maximum absolute atomic E-state index is 12.9. The minimum absolute atomic E-state index is 0.00877. The minimum atomic E-state index is -0.640. The summed E-state index contributed by atoms with van der Waals surface area (Å²) >= 11 is 1.49. The van der Waals surface area contributed by atoms with E-state index in [2.05, 4.69) is 57.2 Å². The van der Waals surface area contributed by atoms with Crippen LogP contribution < -0.4 is 0 Å². The van der Waals surface area contributed by atoms with Crippen molar-refractivity contribution in [2.75, 3.05) is 6.61 Å². The van der Waals surface area contributed by atoms with Gasteiger partial charge in [0.05, 0.1) is 37.8 Å². The monoisotopic (exact) mass is 686 g/mol. The summed E-state index contributed by atoms with van der Waals surface area (Å²) in [4.78, 5) is 13.5. The molecular weight excluding hydrogens is 633 g/mol. The van der Waals surface area contributed by atoms with E-state index in [4.69, 9.17) is 23.7 Å². The lowest BCUT2D eigenvalue weighted by molar-refractivity contribution is -0.291. The fourth-order valence-electron chi connectivity index (χ4n) is 6.98. The summed E-state index contributed by atoms with van der Waals surface area (Å²) < 4.78 is 34.2. The summed E-state index contributed by atoms with van der Waals surface area (Å²) in [5.41, 5.74) is 3.21. The molecule has 6 nitrogen and oxygen atoms in total. The van der Waals surface area contributed by atoms with Crippen molar-refractivity contribution in [1.29, 1.82) is 0 Å². The first-order valence-electron chi connectivity index (χ1n) is 17.9. The lowest BCUT2D eigenvalue weighted by Gasteiger charge is -2.48. The quantitative estimate of drug-likeness (QED) is 0.139. The fraction of sp³-hybridized carbons (Fsp3) is 0.500. The topological polar surface area (TPSA) is 63.2 Å². The Morgan fingerprint density at radius 3 is 1.92 bits per heavy atom. The second kappa shape index (κ2) is 19.0. The third-order valence-electron chi connectivity index (χ3n) is 9.70. The van der Waals surface area contributed by atoms with Crippen LogP contribution in [-0.2, 0) is 48.3 Å². The van der Waals surface area contributed by atoms with Gasteiger partial charge >= 0.3 is 0 Å². The van der Waals surface area contributed by atoms with Gasteiger partial charge in [-0.05, 0) is 61.1 Å². The van der Waals surface area contributed by atoms with Crippen LogP contribution in [0.15, 0.2) is 102 Å². The second-order valence-electron chi connectivity index (χ2n) is 13.9. The number of hydrogen-bond donors (Lipinski definition) is 0. The van der Waals surface area contributed by atoms with Gasteiger partial charge in [-0.1, -0.05) is 124 Å². The molecule has 49 heavy (non-hydrogen) atoms. The van der Waals surface area contributed by atoms with E-state index in [9.17, 15) is 4.79 Å². The summed E-state index contributed by atoms with van der Waals surface area (Å²) in [6.45, 7) is 11.9. The molecule has 2 fully saturated rings. The summed E-state index contributed by atoms with van der Waals surface area (Å²) in [5, 5.41) is -0.366. The van der Waals surface area contributed by atoms with Crippen LogP contribution in [0.25, 0.3) is 0 Å². The highest BCUT2D eigenvalue weighted by Gasteiger charge is 2.50. The largest absolute Gasteiger partial charge is 0.374 e. The molecule has 0 unspecified atom stereocenters. The van der Waals surface area contributed by atoms with Gasteiger partial charge in [0.1, 0.15) is 18.3 Å². The lowest BCUT2D eigenvalue weighted by Crippen LogP contribution is -2.61. The number of ketones is 1. The number of allylic oxidation sites excluding steroid dienone is 2. The SMILES string of the molecule is C/C=C(/S[C@H]1[C@H](O[C@@H]2C[C@H](C)CC[C@H]2C(C)C)O[C@H](COCc2ccccc2)[C@@H](OCc2ccccc2)[C@@H]1OCc1ccccc1)C(C)=O. The molecular formula is C42H54O6S. The van der Waals surface area contributed by atoms with Gasteiger partial charge in [0.2, 0.25) is 0 Å². The van der Waals surface area contributed by atoms with E-state index in [0.717, 1.165) is 29.5 Å². The molecule has 0 radical (unpaired) electrons. The van der Waals surface area contributed by atoms with Crippen LogP contribution in [0.5, 0.6) is 0 Å². The Morgan fingerprint density at radius 1 is 0.837 bits per heavy atom. The lowest BCUT2D eigenvalue weighted by atomic mass is 9.75. The molecule has 1 aliphatic carbocycles. The van der Waals surface area contributed by atoms with Crippen molar-refractivity contribution in [1.82, 2.24) is 0 Å². The molecule has 1 aliphatic heterocycles. The van der Waals surface area contributed by atoms with Crippen LogP contribution in [-0.4, -0.2) is 48.3 Å². The van der Waals surface area contributed by atoms with Gasteiger partial charge in [-0.15, -0.1) is 11.8 Å². The Bertz CT molecular complexity index is 1430. The molecule has 0 bridgehead atoms. The van der Waals surface area contributed by atoms with Crippen LogP contribution in [0, 0.1) is 17.8 Å². The number of hydrogen-bond acceptors (Lipinski definition) is 7. The predicted molar refractivity (Wildman–Crippen MR) is 197 cm³/mol. The van der Waals surface area contributed by atoms with Crippen molar-refractivity contribution in [2.24, 2.45) is 17.8 Å². The Labute approximate surface area is 297 Å². The summed E-state index contributed by atoms with van der Waals surface area (Å²) in [6, 6.07) is 30.5. The number of ether oxygens (including phenoxy) is 5. The molecule has 3 aromatic rings. The Morgan fingerprint density at radius 2 is 1.39 bits per heavy atom. The van der Waals surface area contributed by atoms with Crippen LogP contribution in [0.2, 0.25) is 0 Å². The molecule has 0 spiro atoms. The molecule has 0 N–H and O–H groups in total. The first-order chi connectivity index (χ1) is 23.8. The maximum atomic E-state index is 12.9. The molecule has 7 heteroatoms. The number of carbonyl (C=O) groups is 1. The van der Waals surface area contributed by atoms with E-state index >= 15 is 0 Å². The van der Waals surface area contributed by atoms with Crippen LogP contribution in [0.1, 0.15) is 70.6 Å². The van der Waals surface area contributed by atoms with E-state index < -0.39 is 24.6 Å². The zero-order valence-corrected chi connectivity index (χ0v) is 30.6. The van der Waals surface area contributed by atoms with E-state index in [1.54, 1.807) is 6.92 Å². The van der Waals surface area contributed by atoms with Crippen molar-refractivity contribution in [2.45, 2.75) is 110 Å². The maximum Gasteiger partial charge on any atom is 0.173 e. The molecule has 0 amide bonds. The third kappa shape index (κ3) is 10.9. The average molecular weight is 687 g/mol. The normalized spacial score (nSPS) is 27.7. The standard InChI is InChI=1S/C42H54O6S/c1-6-38(31(5)43)49-41-40(46-27-34-20-14-9-15-21-34)39(45-26-33-18-12-8-13-19-33)37(28-44-25-32-16-10-7-11-17-32)48-42(41)47-36-24-30(4)22-23-35(36)29(2)3/h6-21,29-30,35-37,39-42H,22-28H2,1-5H3/b38-6+/t30-,35+,36-,37-,39-,40+,41-,42-/m1/s1. The summed E-state index contributed by atoms with van der Waals surface area (Å²) in [6.07, 6.45) is 3.15. The van der Waals surface area contributed by atoms with Gasteiger partial charge in [0.15, 0.2) is 12.1 Å². The van der Waals surface area contributed by atoms with E-state index in [0.29, 0.717) is 49.1 Å². The number of benzene rings is 3. The molecule has 1 heterocycles. The molecule has 2 aliphatic rings. The minimum Gasteiger partial charge on any atom is -0.374 e.